The van der Waals surface area contributed by atoms with Crippen molar-refractivity contribution < 1.29 is 0 Å². The van der Waals surface area contributed by atoms with Gasteiger partial charge in [0.1, 0.15) is 5.69 Å². The van der Waals surface area contributed by atoms with Crippen molar-refractivity contribution in [3.8, 4) is 23.0 Å². The van der Waals surface area contributed by atoms with Gasteiger partial charge in [0.2, 0.25) is 0 Å². The molecule has 1 aliphatic heterocycles. The van der Waals surface area contributed by atoms with E-state index in [-0.39, 0.29) is 0 Å². The first kappa shape index (κ1) is 14.6. The lowest BCUT2D eigenvalue weighted by Gasteiger charge is -2.10. The molecule has 1 atom stereocenters. The molecule has 0 radical (unpaired) electrons. The fraction of sp³-hybridized carbons (Fsp3) is 0.211. The van der Waals surface area contributed by atoms with Crippen molar-refractivity contribution in [1.29, 1.82) is 5.26 Å². The molecule has 1 unspecified atom stereocenters. The third-order valence-corrected chi connectivity index (χ3v) is 4.42. The van der Waals surface area contributed by atoms with Gasteiger partial charge in [-0.15, -0.1) is 5.10 Å². The van der Waals surface area contributed by atoms with Crippen LogP contribution in [0.15, 0.2) is 54.7 Å². The standard InChI is InChI=1S/C19H17N5/c20-12-14-3-9-17(10-4-14)24-13-19(22-23-24)16-7-5-15(6-8-16)18-2-1-11-21-18/h3-10,13,18,21H,1-2,11H2. The largest absolute Gasteiger partial charge is 0.310 e. The summed E-state index contributed by atoms with van der Waals surface area (Å²) in [5.74, 6) is 0. The molecule has 2 aromatic carbocycles. The van der Waals surface area contributed by atoms with Crippen LogP contribution in [0.4, 0.5) is 0 Å². The van der Waals surface area contributed by atoms with Gasteiger partial charge in [0, 0.05) is 11.6 Å². The normalized spacial score (nSPS) is 16.9. The molecule has 5 nitrogen and oxygen atoms in total. The number of aromatic nitrogens is 3. The van der Waals surface area contributed by atoms with E-state index in [0.29, 0.717) is 11.6 Å². The van der Waals surface area contributed by atoms with Gasteiger partial charge in [-0.25, -0.2) is 4.68 Å². The van der Waals surface area contributed by atoms with Crippen LogP contribution in [0.2, 0.25) is 0 Å². The van der Waals surface area contributed by atoms with Gasteiger partial charge in [-0.1, -0.05) is 29.5 Å². The Hall–Kier alpha value is -2.97. The number of nitrogens with one attached hydrogen (secondary N) is 1. The lowest BCUT2D eigenvalue weighted by molar-refractivity contribution is 0.648. The SMILES string of the molecule is N#Cc1ccc(-n2cc(-c3ccc(C4CCCN4)cc3)nn2)cc1. The Bertz CT molecular complexity index is 865. The van der Waals surface area contributed by atoms with E-state index in [1.54, 1.807) is 16.8 Å². The lowest BCUT2D eigenvalue weighted by Crippen LogP contribution is -2.12. The second kappa shape index (κ2) is 6.26. The number of hydrogen-bond acceptors (Lipinski definition) is 4. The summed E-state index contributed by atoms with van der Waals surface area (Å²) >= 11 is 0. The second-order valence-electron chi connectivity index (χ2n) is 5.98. The fourth-order valence-corrected chi connectivity index (χ4v) is 3.07. The minimum absolute atomic E-state index is 0.480. The molecule has 1 fully saturated rings. The summed E-state index contributed by atoms with van der Waals surface area (Å²) in [5.41, 5.74) is 4.74. The maximum absolute atomic E-state index is 8.86. The zero-order valence-electron chi connectivity index (χ0n) is 13.2. The molecule has 24 heavy (non-hydrogen) atoms. The third kappa shape index (κ3) is 2.80. The first-order chi connectivity index (χ1) is 11.8. The van der Waals surface area contributed by atoms with E-state index in [2.05, 4.69) is 46.0 Å². The molecule has 1 aromatic heterocycles. The Balaban J connectivity index is 1.56. The maximum atomic E-state index is 8.86. The first-order valence-corrected chi connectivity index (χ1v) is 8.10. The molecule has 0 spiro atoms. The van der Waals surface area contributed by atoms with Crippen LogP contribution in [0.3, 0.4) is 0 Å². The van der Waals surface area contributed by atoms with Gasteiger partial charge in [0.05, 0.1) is 23.5 Å². The highest BCUT2D eigenvalue weighted by Crippen LogP contribution is 2.25. The number of benzene rings is 2. The van der Waals surface area contributed by atoms with E-state index < -0.39 is 0 Å². The molecule has 3 aromatic rings. The predicted molar refractivity (Wildman–Crippen MR) is 91.5 cm³/mol. The third-order valence-electron chi connectivity index (χ3n) is 4.42. The van der Waals surface area contributed by atoms with Crippen molar-refractivity contribution in [3.05, 3.63) is 65.9 Å². The number of hydrogen-bond donors (Lipinski definition) is 1. The summed E-state index contributed by atoms with van der Waals surface area (Å²) in [6.07, 6.45) is 4.35. The molecular weight excluding hydrogens is 298 g/mol. The molecule has 2 heterocycles. The Labute approximate surface area is 140 Å². The second-order valence-corrected chi connectivity index (χ2v) is 5.98. The molecule has 4 rings (SSSR count). The van der Waals surface area contributed by atoms with Crippen molar-refractivity contribution in [3.63, 3.8) is 0 Å². The van der Waals surface area contributed by atoms with Crippen molar-refractivity contribution >= 4 is 0 Å². The highest BCUT2D eigenvalue weighted by molar-refractivity contribution is 5.59. The van der Waals surface area contributed by atoms with E-state index in [9.17, 15) is 0 Å². The Kier molecular flexibility index (Phi) is 3.81. The van der Waals surface area contributed by atoms with E-state index in [1.807, 2.05) is 18.3 Å². The van der Waals surface area contributed by atoms with Gasteiger partial charge < -0.3 is 5.32 Å². The Morgan fingerprint density at radius 2 is 1.88 bits per heavy atom. The Morgan fingerprint density at radius 1 is 1.08 bits per heavy atom. The van der Waals surface area contributed by atoms with Crippen LogP contribution in [0.25, 0.3) is 16.9 Å². The number of nitrogens with zero attached hydrogens (tertiary/aromatic N) is 4. The quantitative estimate of drug-likeness (QED) is 0.806. The van der Waals surface area contributed by atoms with E-state index in [0.717, 1.165) is 23.5 Å². The van der Waals surface area contributed by atoms with Crippen molar-refractivity contribution in [2.45, 2.75) is 18.9 Å². The summed E-state index contributed by atoms with van der Waals surface area (Å²) in [6.45, 7) is 1.10. The molecule has 5 heteroatoms. The van der Waals surface area contributed by atoms with Crippen LogP contribution in [0.5, 0.6) is 0 Å². The summed E-state index contributed by atoms with van der Waals surface area (Å²) < 4.78 is 1.73. The summed E-state index contributed by atoms with van der Waals surface area (Å²) in [6, 6.07) is 18.4. The molecular formula is C19H17N5. The highest BCUT2D eigenvalue weighted by atomic mass is 15.4. The van der Waals surface area contributed by atoms with Crippen molar-refractivity contribution in [1.82, 2.24) is 20.3 Å². The van der Waals surface area contributed by atoms with Crippen LogP contribution >= 0.6 is 0 Å². The summed E-state index contributed by atoms with van der Waals surface area (Å²) in [5, 5.41) is 20.8. The Morgan fingerprint density at radius 3 is 2.54 bits per heavy atom. The van der Waals surface area contributed by atoms with Crippen LogP contribution in [-0.2, 0) is 0 Å². The lowest BCUT2D eigenvalue weighted by atomic mass is 10.0. The van der Waals surface area contributed by atoms with Crippen LogP contribution in [0, 0.1) is 11.3 Å². The molecule has 0 bridgehead atoms. The maximum Gasteiger partial charge on any atom is 0.113 e. The highest BCUT2D eigenvalue weighted by Gasteiger charge is 2.16. The van der Waals surface area contributed by atoms with Gasteiger partial charge in [0.25, 0.3) is 0 Å². The van der Waals surface area contributed by atoms with Gasteiger partial charge >= 0.3 is 0 Å². The zero-order chi connectivity index (χ0) is 16.4. The predicted octanol–water partition coefficient (Wildman–Crippen LogP) is 3.23. The monoisotopic (exact) mass is 315 g/mol. The van der Waals surface area contributed by atoms with Gasteiger partial charge in [-0.3, -0.25) is 0 Å². The number of rotatable bonds is 3. The van der Waals surface area contributed by atoms with Crippen molar-refractivity contribution in [2.75, 3.05) is 6.54 Å². The molecule has 1 saturated heterocycles. The van der Waals surface area contributed by atoms with Gasteiger partial charge in [-0.2, -0.15) is 5.26 Å². The van der Waals surface area contributed by atoms with Crippen LogP contribution in [-0.4, -0.2) is 21.5 Å². The summed E-state index contributed by atoms with van der Waals surface area (Å²) in [4.78, 5) is 0. The van der Waals surface area contributed by atoms with Gasteiger partial charge in [0.15, 0.2) is 0 Å². The van der Waals surface area contributed by atoms with E-state index in [1.165, 1.54) is 18.4 Å². The molecule has 0 aliphatic carbocycles. The first-order valence-electron chi connectivity index (χ1n) is 8.10. The van der Waals surface area contributed by atoms with Crippen LogP contribution in [0.1, 0.15) is 30.0 Å². The van der Waals surface area contributed by atoms with Crippen molar-refractivity contribution in [2.24, 2.45) is 0 Å². The molecule has 0 amide bonds. The minimum Gasteiger partial charge on any atom is -0.310 e. The van der Waals surface area contributed by atoms with E-state index in [4.69, 9.17) is 5.26 Å². The fourth-order valence-electron chi connectivity index (χ4n) is 3.07. The van der Waals surface area contributed by atoms with Gasteiger partial charge in [-0.05, 0) is 49.2 Å². The topological polar surface area (TPSA) is 66.5 Å². The molecule has 118 valence electrons. The van der Waals surface area contributed by atoms with Crippen LogP contribution < -0.4 is 5.32 Å². The molecule has 1 aliphatic rings. The minimum atomic E-state index is 0.480. The zero-order valence-corrected chi connectivity index (χ0v) is 13.2. The smallest absolute Gasteiger partial charge is 0.113 e. The summed E-state index contributed by atoms with van der Waals surface area (Å²) in [7, 11) is 0. The molecule has 0 saturated carbocycles. The van der Waals surface area contributed by atoms with E-state index >= 15 is 0 Å². The molecule has 1 N–H and O–H groups in total. The average molecular weight is 315 g/mol. The number of nitriles is 1. The average Bonchev–Trinajstić information content (AvgIpc) is 3.34.